The fraction of sp³-hybridized carbons (Fsp3) is 0.737. The fourth-order valence-electron chi connectivity index (χ4n) is 3.35. The van der Waals surface area contributed by atoms with Crippen molar-refractivity contribution < 1.29 is 0 Å². The van der Waals surface area contributed by atoms with E-state index in [1.54, 1.807) is 0 Å². The number of guanidine groups is 1. The van der Waals surface area contributed by atoms with Crippen LogP contribution in [0.4, 0.5) is 0 Å². The second-order valence-corrected chi connectivity index (χ2v) is 8.68. The van der Waals surface area contributed by atoms with Gasteiger partial charge in [0.25, 0.3) is 0 Å². The number of aryl methyl sites for hydroxylation is 1. The summed E-state index contributed by atoms with van der Waals surface area (Å²) in [5.41, 5.74) is 0. The van der Waals surface area contributed by atoms with Gasteiger partial charge in [0.15, 0.2) is 5.96 Å². The van der Waals surface area contributed by atoms with Crippen molar-refractivity contribution in [3.63, 3.8) is 0 Å². The summed E-state index contributed by atoms with van der Waals surface area (Å²) in [5, 5.41) is 7.07. The molecule has 1 saturated heterocycles. The van der Waals surface area contributed by atoms with Gasteiger partial charge in [0, 0.05) is 48.4 Å². The van der Waals surface area contributed by atoms with Crippen molar-refractivity contribution in [3.05, 3.63) is 21.9 Å². The maximum atomic E-state index is 4.40. The van der Waals surface area contributed by atoms with Gasteiger partial charge in [-0.1, -0.05) is 0 Å². The van der Waals surface area contributed by atoms with Gasteiger partial charge in [0.05, 0.1) is 0 Å². The second-order valence-electron chi connectivity index (χ2n) is 7.31. The molecule has 1 aliphatic rings. The molecule has 5 heteroatoms. The van der Waals surface area contributed by atoms with Crippen LogP contribution in [0.25, 0.3) is 0 Å². The van der Waals surface area contributed by atoms with Gasteiger partial charge in [0.2, 0.25) is 0 Å². The van der Waals surface area contributed by atoms with Crippen LogP contribution in [0.1, 0.15) is 43.4 Å². The molecule has 1 aromatic heterocycles. The minimum atomic E-state index is 0.382. The van der Waals surface area contributed by atoms with Crippen molar-refractivity contribution in [2.24, 2.45) is 10.9 Å². The van der Waals surface area contributed by atoms with Crippen molar-refractivity contribution in [1.29, 1.82) is 0 Å². The van der Waals surface area contributed by atoms with Crippen molar-refractivity contribution in [2.45, 2.75) is 59.0 Å². The number of nitrogens with one attached hydrogen (secondary N) is 2. The zero-order chi connectivity index (χ0) is 17.5. The lowest BCUT2D eigenvalue weighted by Crippen LogP contribution is -2.48. The number of likely N-dealkylation sites (tertiary alicyclic amines) is 1. The molecule has 24 heavy (non-hydrogen) atoms. The molecule has 136 valence electrons. The highest BCUT2D eigenvalue weighted by molar-refractivity contribution is 7.11. The number of rotatable bonds is 6. The van der Waals surface area contributed by atoms with Gasteiger partial charge in [-0.3, -0.25) is 4.99 Å². The monoisotopic (exact) mass is 350 g/mol. The Labute approximate surface area is 151 Å². The summed E-state index contributed by atoms with van der Waals surface area (Å²) in [5.74, 6) is 1.65. The van der Waals surface area contributed by atoms with Gasteiger partial charge in [-0.25, -0.2) is 0 Å². The first-order chi connectivity index (χ1) is 11.5. The highest BCUT2D eigenvalue weighted by Crippen LogP contribution is 2.18. The summed E-state index contributed by atoms with van der Waals surface area (Å²) in [6.07, 6.45) is 3.67. The summed E-state index contributed by atoms with van der Waals surface area (Å²) in [4.78, 5) is 9.80. The lowest BCUT2D eigenvalue weighted by atomic mass is 9.97. The molecule has 0 aromatic carbocycles. The highest BCUT2D eigenvalue weighted by Gasteiger charge is 2.21. The number of aliphatic imine (C=N–C) groups is 1. The van der Waals surface area contributed by atoms with Gasteiger partial charge in [0.1, 0.15) is 0 Å². The number of hydrogen-bond acceptors (Lipinski definition) is 3. The van der Waals surface area contributed by atoms with E-state index in [-0.39, 0.29) is 0 Å². The average molecular weight is 351 g/mol. The SMILES string of the molecule is CN=C(NCC1CCCN(C(C)C)C1)NC(C)Cc1ccc(C)s1. The molecule has 2 heterocycles. The molecule has 0 spiro atoms. The summed E-state index contributed by atoms with van der Waals surface area (Å²) in [6.45, 7) is 12.4. The summed E-state index contributed by atoms with van der Waals surface area (Å²) in [7, 11) is 1.86. The van der Waals surface area contributed by atoms with Gasteiger partial charge >= 0.3 is 0 Å². The molecule has 1 aliphatic heterocycles. The lowest BCUT2D eigenvalue weighted by Gasteiger charge is -2.35. The van der Waals surface area contributed by atoms with Gasteiger partial charge < -0.3 is 15.5 Å². The summed E-state index contributed by atoms with van der Waals surface area (Å²) in [6, 6.07) is 5.47. The number of thiophene rings is 1. The molecule has 0 bridgehead atoms. The van der Waals surface area contributed by atoms with Crippen LogP contribution in [0, 0.1) is 12.8 Å². The smallest absolute Gasteiger partial charge is 0.191 e. The Morgan fingerprint density at radius 2 is 2.17 bits per heavy atom. The maximum Gasteiger partial charge on any atom is 0.191 e. The van der Waals surface area contributed by atoms with Crippen LogP contribution in [0.15, 0.2) is 17.1 Å². The highest BCUT2D eigenvalue weighted by atomic mass is 32.1. The number of piperidine rings is 1. The predicted octanol–water partition coefficient (Wildman–Crippen LogP) is 3.27. The van der Waals surface area contributed by atoms with Gasteiger partial charge in [-0.05, 0) is 65.1 Å². The van der Waals surface area contributed by atoms with E-state index in [2.05, 4.69) is 60.4 Å². The van der Waals surface area contributed by atoms with Crippen LogP contribution in [0.5, 0.6) is 0 Å². The molecular weight excluding hydrogens is 316 g/mol. The molecule has 4 nitrogen and oxygen atoms in total. The van der Waals surface area contributed by atoms with Crippen molar-refractivity contribution in [2.75, 3.05) is 26.7 Å². The standard InChI is InChI=1S/C19H34N4S/c1-14(2)23-10-6-7-17(13-23)12-21-19(20-5)22-15(3)11-18-9-8-16(4)24-18/h8-9,14-15,17H,6-7,10-13H2,1-5H3,(H2,20,21,22). The zero-order valence-corrected chi connectivity index (χ0v) is 16.7. The van der Waals surface area contributed by atoms with E-state index in [9.17, 15) is 0 Å². The van der Waals surface area contributed by atoms with E-state index in [4.69, 9.17) is 0 Å². The molecule has 2 rings (SSSR count). The number of hydrogen-bond donors (Lipinski definition) is 2. The third-order valence-corrected chi connectivity index (χ3v) is 5.77. The Bertz CT molecular complexity index is 523. The summed E-state index contributed by atoms with van der Waals surface area (Å²) < 4.78 is 0. The summed E-state index contributed by atoms with van der Waals surface area (Å²) >= 11 is 1.88. The van der Waals surface area contributed by atoms with Crippen LogP contribution in [-0.2, 0) is 6.42 Å². The molecule has 2 unspecified atom stereocenters. The normalized spacial score (nSPS) is 21.1. The van der Waals surface area contributed by atoms with Gasteiger partial charge in [-0.2, -0.15) is 0 Å². The molecule has 1 fully saturated rings. The van der Waals surface area contributed by atoms with E-state index < -0.39 is 0 Å². The topological polar surface area (TPSA) is 39.7 Å². The first-order valence-corrected chi connectivity index (χ1v) is 10.1. The van der Waals surface area contributed by atoms with Gasteiger partial charge in [-0.15, -0.1) is 11.3 Å². The Hall–Kier alpha value is -1.07. The molecule has 2 N–H and O–H groups in total. The Morgan fingerprint density at radius 3 is 2.79 bits per heavy atom. The van der Waals surface area contributed by atoms with Crippen molar-refractivity contribution in [3.8, 4) is 0 Å². The predicted molar refractivity (Wildman–Crippen MR) is 106 cm³/mol. The molecule has 0 radical (unpaired) electrons. The van der Waals surface area contributed by atoms with E-state index in [0.29, 0.717) is 12.1 Å². The first kappa shape index (κ1) is 19.3. The second kappa shape index (κ2) is 9.42. The minimum Gasteiger partial charge on any atom is -0.356 e. The molecule has 0 saturated carbocycles. The van der Waals surface area contributed by atoms with E-state index in [0.717, 1.165) is 24.8 Å². The van der Waals surface area contributed by atoms with Crippen LogP contribution in [0.3, 0.4) is 0 Å². The minimum absolute atomic E-state index is 0.382. The fourth-order valence-corrected chi connectivity index (χ4v) is 4.37. The van der Waals surface area contributed by atoms with Crippen molar-refractivity contribution in [1.82, 2.24) is 15.5 Å². The third kappa shape index (κ3) is 6.10. The van der Waals surface area contributed by atoms with Crippen LogP contribution < -0.4 is 10.6 Å². The van der Waals surface area contributed by atoms with E-state index in [1.807, 2.05) is 18.4 Å². The van der Waals surface area contributed by atoms with Crippen LogP contribution in [-0.4, -0.2) is 49.6 Å². The maximum absolute atomic E-state index is 4.40. The zero-order valence-electron chi connectivity index (χ0n) is 15.9. The molecular formula is C19H34N4S. The molecule has 0 aliphatic carbocycles. The number of nitrogens with zero attached hydrogens (tertiary/aromatic N) is 2. The van der Waals surface area contributed by atoms with E-state index >= 15 is 0 Å². The Morgan fingerprint density at radius 1 is 1.38 bits per heavy atom. The third-order valence-electron chi connectivity index (χ3n) is 4.75. The largest absolute Gasteiger partial charge is 0.356 e. The molecule has 2 atom stereocenters. The molecule has 1 aromatic rings. The van der Waals surface area contributed by atoms with Crippen LogP contribution in [0.2, 0.25) is 0 Å². The lowest BCUT2D eigenvalue weighted by molar-refractivity contribution is 0.141. The van der Waals surface area contributed by atoms with Crippen LogP contribution >= 0.6 is 11.3 Å². The van der Waals surface area contributed by atoms with Crippen molar-refractivity contribution >= 4 is 17.3 Å². The Kier molecular flexibility index (Phi) is 7.56. The Balaban J connectivity index is 1.75. The van der Waals surface area contributed by atoms with E-state index in [1.165, 1.54) is 35.7 Å². The first-order valence-electron chi connectivity index (χ1n) is 9.24. The molecule has 0 amide bonds. The quantitative estimate of drug-likeness (QED) is 0.611. The average Bonchev–Trinajstić information content (AvgIpc) is 2.96.